The number of halogens is 1. The van der Waals surface area contributed by atoms with Crippen LogP contribution in [0.4, 0.5) is 11.4 Å². The summed E-state index contributed by atoms with van der Waals surface area (Å²) in [6.45, 7) is 5.13. The molecule has 0 saturated carbocycles. The summed E-state index contributed by atoms with van der Waals surface area (Å²) in [5.74, 6) is 0.817. The molecule has 0 fully saturated rings. The van der Waals surface area contributed by atoms with Crippen molar-refractivity contribution in [1.82, 2.24) is 10.1 Å². The van der Waals surface area contributed by atoms with Gasteiger partial charge in [-0.05, 0) is 43.2 Å². The number of nitrogens with one attached hydrogen (secondary N) is 1. The van der Waals surface area contributed by atoms with Gasteiger partial charge < -0.3 is 9.26 Å². The first-order valence-corrected chi connectivity index (χ1v) is 11.7. The summed E-state index contributed by atoms with van der Waals surface area (Å²) in [5, 5.41) is 4.35. The van der Waals surface area contributed by atoms with Crippen LogP contribution in [0.5, 0.6) is 5.75 Å². The highest BCUT2D eigenvalue weighted by Crippen LogP contribution is 2.37. The Balaban J connectivity index is 1.68. The zero-order chi connectivity index (χ0) is 23.0. The fourth-order valence-corrected chi connectivity index (χ4v) is 4.89. The summed E-state index contributed by atoms with van der Waals surface area (Å²) in [6.07, 6.45) is 0.583. The molecule has 1 aliphatic rings. The van der Waals surface area contributed by atoms with Gasteiger partial charge >= 0.3 is 0 Å². The lowest BCUT2D eigenvalue weighted by Gasteiger charge is -2.29. The highest BCUT2D eigenvalue weighted by molar-refractivity contribution is 7.92. The third kappa shape index (κ3) is 4.15. The molecule has 0 aliphatic carbocycles. The van der Waals surface area contributed by atoms with Gasteiger partial charge in [-0.25, -0.2) is 8.42 Å². The average Bonchev–Trinajstić information content (AvgIpc) is 3.21. The second-order valence-electron chi connectivity index (χ2n) is 7.33. The van der Waals surface area contributed by atoms with Gasteiger partial charge in [0.2, 0.25) is 5.89 Å². The minimum atomic E-state index is -3.94. The van der Waals surface area contributed by atoms with Crippen LogP contribution in [0, 0.1) is 13.8 Å². The molecule has 0 atom stereocenters. The van der Waals surface area contributed by atoms with Crippen LogP contribution < -0.4 is 14.4 Å². The van der Waals surface area contributed by atoms with E-state index >= 15 is 0 Å². The molecule has 1 aromatic heterocycles. The molecule has 2 aromatic carbocycles. The molecule has 3 aromatic rings. The van der Waals surface area contributed by atoms with E-state index in [-0.39, 0.29) is 29.7 Å². The van der Waals surface area contributed by atoms with Crippen LogP contribution in [0.1, 0.15) is 29.8 Å². The van der Waals surface area contributed by atoms with Crippen molar-refractivity contribution < 1.29 is 22.5 Å². The molecular formula is C21H21ClN4O5S. The summed E-state index contributed by atoms with van der Waals surface area (Å²) in [7, 11) is -3.94. The highest BCUT2D eigenvalue weighted by atomic mass is 35.5. The Bertz CT molecular complexity index is 1310. The van der Waals surface area contributed by atoms with Crippen molar-refractivity contribution >= 4 is 38.9 Å². The number of aryl methyl sites for hydroxylation is 2. The summed E-state index contributed by atoms with van der Waals surface area (Å²) in [6, 6.07) is 8.01. The van der Waals surface area contributed by atoms with Gasteiger partial charge in [0.1, 0.15) is 5.75 Å². The molecule has 11 heteroatoms. The molecular weight excluding hydrogens is 456 g/mol. The zero-order valence-corrected chi connectivity index (χ0v) is 19.2. The van der Waals surface area contributed by atoms with Crippen LogP contribution in [-0.4, -0.2) is 31.1 Å². The van der Waals surface area contributed by atoms with Crippen molar-refractivity contribution in [3.8, 4) is 5.75 Å². The lowest BCUT2D eigenvalue weighted by molar-refractivity contribution is -0.121. The normalized spacial score (nSPS) is 13.6. The minimum absolute atomic E-state index is 0.0396. The monoisotopic (exact) mass is 476 g/mol. The van der Waals surface area contributed by atoms with Crippen molar-refractivity contribution in [2.45, 2.75) is 38.6 Å². The number of carbonyl (C=O) groups excluding carboxylic acids is 1. The van der Waals surface area contributed by atoms with Crippen LogP contribution in [-0.2, 0) is 27.8 Å². The SMILES string of the molecule is CCc1nc(CN2C(=O)COc3cc(S(=O)(=O)Nc4cccc(Cl)c4C)c(C)cc32)no1. The van der Waals surface area contributed by atoms with E-state index < -0.39 is 10.0 Å². The van der Waals surface area contributed by atoms with Gasteiger partial charge in [0.05, 0.1) is 22.8 Å². The number of aromatic nitrogens is 2. The highest BCUT2D eigenvalue weighted by Gasteiger charge is 2.30. The van der Waals surface area contributed by atoms with Crippen LogP contribution >= 0.6 is 11.6 Å². The fraction of sp³-hybridized carbons (Fsp3) is 0.286. The Morgan fingerprint density at radius 3 is 2.75 bits per heavy atom. The first-order valence-electron chi connectivity index (χ1n) is 9.86. The first-order chi connectivity index (χ1) is 15.2. The molecule has 4 rings (SSSR count). The number of hydrogen-bond acceptors (Lipinski definition) is 7. The van der Waals surface area contributed by atoms with E-state index in [1.54, 1.807) is 38.1 Å². The van der Waals surface area contributed by atoms with Gasteiger partial charge in [0, 0.05) is 17.5 Å². The van der Waals surface area contributed by atoms with Crippen molar-refractivity contribution in [3.63, 3.8) is 0 Å². The number of fused-ring (bicyclic) bond motifs is 1. The Hall–Kier alpha value is -3.11. The quantitative estimate of drug-likeness (QED) is 0.577. The predicted octanol–water partition coefficient (Wildman–Crippen LogP) is 3.63. The van der Waals surface area contributed by atoms with Crippen molar-refractivity contribution in [1.29, 1.82) is 0 Å². The van der Waals surface area contributed by atoms with E-state index in [1.807, 2.05) is 6.92 Å². The fourth-order valence-electron chi connectivity index (χ4n) is 3.35. The molecule has 9 nitrogen and oxygen atoms in total. The van der Waals surface area contributed by atoms with E-state index in [0.29, 0.717) is 45.7 Å². The lowest BCUT2D eigenvalue weighted by atomic mass is 10.1. The zero-order valence-electron chi connectivity index (χ0n) is 17.7. The van der Waals surface area contributed by atoms with Crippen molar-refractivity contribution in [3.05, 3.63) is 58.2 Å². The largest absolute Gasteiger partial charge is 0.482 e. The van der Waals surface area contributed by atoms with Crippen LogP contribution in [0.3, 0.4) is 0 Å². The molecule has 0 bridgehead atoms. The molecule has 0 spiro atoms. The number of hydrogen-bond donors (Lipinski definition) is 1. The van der Waals surface area contributed by atoms with Crippen LogP contribution in [0.15, 0.2) is 39.8 Å². The van der Waals surface area contributed by atoms with Crippen LogP contribution in [0.2, 0.25) is 5.02 Å². The number of amides is 1. The maximum atomic E-state index is 13.1. The van der Waals surface area contributed by atoms with Crippen LogP contribution in [0.25, 0.3) is 0 Å². The molecule has 1 aliphatic heterocycles. The minimum Gasteiger partial charge on any atom is -0.482 e. The Labute approximate surface area is 190 Å². The van der Waals surface area contributed by atoms with E-state index in [2.05, 4.69) is 14.9 Å². The molecule has 168 valence electrons. The van der Waals surface area contributed by atoms with Gasteiger partial charge in [-0.1, -0.05) is 29.7 Å². The number of benzene rings is 2. The smallest absolute Gasteiger partial charge is 0.265 e. The molecule has 1 N–H and O–H groups in total. The topological polar surface area (TPSA) is 115 Å². The van der Waals surface area contributed by atoms with Crippen molar-refractivity contribution in [2.24, 2.45) is 0 Å². The second-order valence-corrected chi connectivity index (χ2v) is 9.39. The number of sulfonamides is 1. The first kappa shape index (κ1) is 22.1. The summed E-state index contributed by atoms with van der Waals surface area (Å²) in [5.41, 5.74) is 1.89. The van der Waals surface area contributed by atoms with E-state index in [9.17, 15) is 13.2 Å². The predicted molar refractivity (Wildman–Crippen MR) is 119 cm³/mol. The van der Waals surface area contributed by atoms with E-state index in [0.717, 1.165) is 0 Å². The molecule has 0 saturated heterocycles. The van der Waals surface area contributed by atoms with Gasteiger partial charge in [0.25, 0.3) is 15.9 Å². The number of nitrogens with zero attached hydrogens (tertiary/aromatic N) is 3. The Kier molecular flexibility index (Phi) is 5.83. The summed E-state index contributed by atoms with van der Waals surface area (Å²) >= 11 is 6.11. The third-order valence-corrected chi connectivity index (χ3v) is 7.03. The number of carbonyl (C=O) groups is 1. The maximum Gasteiger partial charge on any atom is 0.265 e. The van der Waals surface area contributed by atoms with E-state index in [1.165, 1.54) is 11.0 Å². The summed E-state index contributed by atoms with van der Waals surface area (Å²) < 4.78 is 39.5. The van der Waals surface area contributed by atoms with Gasteiger partial charge in [0.15, 0.2) is 12.4 Å². The molecule has 0 radical (unpaired) electrons. The van der Waals surface area contributed by atoms with Gasteiger partial charge in [-0.15, -0.1) is 0 Å². The average molecular weight is 477 g/mol. The molecule has 1 amide bonds. The van der Waals surface area contributed by atoms with Gasteiger partial charge in [-0.2, -0.15) is 4.98 Å². The van der Waals surface area contributed by atoms with Gasteiger partial charge in [-0.3, -0.25) is 14.4 Å². The van der Waals surface area contributed by atoms with Crippen molar-refractivity contribution in [2.75, 3.05) is 16.2 Å². The standard InChI is InChI=1S/C21H21ClN4O5S/c1-4-20-23-19(24-31-20)10-26-16-8-12(2)18(9-17(16)30-11-21(26)27)32(28,29)25-15-7-5-6-14(22)13(15)3/h5-9,25H,4,10-11H2,1-3H3. The molecule has 0 unspecified atom stereocenters. The summed E-state index contributed by atoms with van der Waals surface area (Å²) in [4.78, 5) is 18.3. The Morgan fingerprint density at radius 1 is 1.25 bits per heavy atom. The second kappa shape index (κ2) is 8.44. The maximum absolute atomic E-state index is 13.1. The van der Waals surface area contributed by atoms with E-state index in [4.69, 9.17) is 20.9 Å². The molecule has 2 heterocycles. The molecule has 32 heavy (non-hydrogen) atoms. The Morgan fingerprint density at radius 2 is 2.03 bits per heavy atom. The number of rotatable bonds is 6. The number of anilines is 2. The third-order valence-electron chi connectivity index (χ3n) is 5.11. The lowest BCUT2D eigenvalue weighted by Crippen LogP contribution is -2.38. The number of ether oxygens (including phenoxy) is 1.